The summed E-state index contributed by atoms with van der Waals surface area (Å²) in [5, 5.41) is 3.69. The van der Waals surface area contributed by atoms with Crippen molar-refractivity contribution in [3.8, 4) is 11.5 Å². The molecule has 1 aromatic heterocycles. The van der Waals surface area contributed by atoms with Gasteiger partial charge in [-0.2, -0.15) is 4.98 Å². The van der Waals surface area contributed by atoms with Crippen LogP contribution in [0.15, 0.2) is 16.7 Å². The van der Waals surface area contributed by atoms with Crippen LogP contribution in [0.25, 0.3) is 11.5 Å². The van der Waals surface area contributed by atoms with Gasteiger partial charge in [0.15, 0.2) is 23.3 Å². The first-order valence-corrected chi connectivity index (χ1v) is 5.94. The first kappa shape index (κ1) is 14.5. The van der Waals surface area contributed by atoms with E-state index < -0.39 is 23.5 Å². The van der Waals surface area contributed by atoms with Gasteiger partial charge in [-0.05, 0) is 17.5 Å². The Bertz CT molecular complexity index is 611. The fourth-order valence-corrected chi connectivity index (χ4v) is 1.54. The van der Waals surface area contributed by atoms with Crippen molar-refractivity contribution in [2.75, 3.05) is 0 Å². The molecule has 1 heterocycles. The van der Waals surface area contributed by atoms with Crippen molar-refractivity contribution in [3.05, 3.63) is 35.4 Å². The summed E-state index contributed by atoms with van der Waals surface area (Å²) in [7, 11) is 0. The maximum Gasteiger partial charge on any atom is 0.258 e. The minimum Gasteiger partial charge on any atom is -0.334 e. The number of nitrogens with zero attached hydrogens (tertiary/aromatic N) is 2. The van der Waals surface area contributed by atoms with Crippen molar-refractivity contribution < 1.29 is 17.7 Å². The zero-order valence-corrected chi connectivity index (χ0v) is 11.2. The second-order valence-corrected chi connectivity index (χ2v) is 5.56. The maximum atomic E-state index is 13.2. The highest BCUT2D eigenvalue weighted by Gasteiger charge is 2.27. The summed E-state index contributed by atoms with van der Waals surface area (Å²) >= 11 is 0. The van der Waals surface area contributed by atoms with E-state index >= 15 is 0 Å². The van der Waals surface area contributed by atoms with Crippen molar-refractivity contribution in [1.29, 1.82) is 0 Å². The normalized spacial score (nSPS) is 13.6. The SMILES string of the molecule is CC(C)(C)C(N)c1noc(-c2cc(F)c(F)c(F)c2)n1. The summed E-state index contributed by atoms with van der Waals surface area (Å²) in [4.78, 5) is 4.00. The van der Waals surface area contributed by atoms with E-state index in [1.54, 1.807) is 0 Å². The molecule has 0 spiro atoms. The minimum atomic E-state index is -1.54. The van der Waals surface area contributed by atoms with E-state index in [1.165, 1.54) is 0 Å². The second-order valence-electron chi connectivity index (χ2n) is 5.56. The number of hydrogen-bond donors (Lipinski definition) is 1. The zero-order valence-electron chi connectivity index (χ0n) is 11.2. The summed E-state index contributed by atoms with van der Waals surface area (Å²) in [6.45, 7) is 5.68. The van der Waals surface area contributed by atoms with E-state index in [-0.39, 0.29) is 22.7 Å². The van der Waals surface area contributed by atoms with Gasteiger partial charge in [-0.3, -0.25) is 0 Å². The predicted octanol–water partition coefficient (Wildman–Crippen LogP) is 3.20. The van der Waals surface area contributed by atoms with E-state index in [9.17, 15) is 13.2 Å². The van der Waals surface area contributed by atoms with Crippen LogP contribution in [0.5, 0.6) is 0 Å². The van der Waals surface area contributed by atoms with Gasteiger partial charge in [-0.1, -0.05) is 25.9 Å². The van der Waals surface area contributed by atoms with E-state index in [4.69, 9.17) is 10.3 Å². The van der Waals surface area contributed by atoms with Crippen LogP contribution in [-0.2, 0) is 0 Å². The summed E-state index contributed by atoms with van der Waals surface area (Å²) in [5.41, 5.74) is 5.61. The molecule has 0 aliphatic heterocycles. The van der Waals surface area contributed by atoms with Gasteiger partial charge in [-0.25, -0.2) is 13.2 Å². The lowest BCUT2D eigenvalue weighted by atomic mass is 9.87. The van der Waals surface area contributed by atoms with Crippen molar-refractivity contribution in [3.63, 3.8) is 0 Å². The molecule has 0 bridgehead atoms. The minimum absolute atomic E-state index is 0.0405. The van der Waals surface area contributed by atoms with Crippen LogP contribution in [0.3, 0.4) is 0 Å². The number of aromatic nitrogens is 2. The third kappa shape index (κ3) is 2.67. The highest BCUT2D eigenvalue weighted by Crippen LogP contribution is 2.30. The van der Waals surface area contributed by atoms with Crippen LogP contribution in [0, 0.1) is 22.9 Å². The Labute approximate surface area is 113 Å². The molecule has 2 rings (SSSR count). The van der Waals surface area contributed by atoms with Crippen molar-refractivity contribution in [2.24, 2.45) is 11.1 Å². The number of nitrogens with two attached hydrogens (primary N) is 1. The van der Waals surface area contributed by atoms with Crippen LogP contribution in [0.4, 0.5) is 13.2 Å². The summed E-state index contributed by atoms with van der Waals surface area (Å²) < 4.78 is 44.1. The monoisotopic (exact) mass is 285 g/mol. The first-order chi connectivity index (χ1) is 9.20. The van der Waals surface area contributed by atoms with Crippen molar-refractivity contribution in [2.45, 2.75) is 26.8 Å². The Balaban J connectivity index is 2.39. The van der Waals surface area contributed by atoms with Gasteiger partial charge >= 0.3 is 0 Å². The number of rotatable bonds is 2. The molecular weight excluding hydrogens is 271 g/mol. The molecule has 0 fully saturated rings. The quantitative estimate of drug-likeness (QED) is 0.860. The van der Waals surface area contributed by atoms with Gasteiger partial charge in [0.05, 0.1) is 6.04 Å². The molecule has 0 saturated carbocycles. The van der Waals surface area contributed by atoms with Crippen molar-refractivity contribution in [1.82, 2.24) is 10.1 Å². The zero-order chi connectivity index (χ0) is 15.1. The Morgan fingerprint density at radius 2 is 1.70 bits per heavy atom. The van der Waals surface area contributed by atoms with Gasteiger partial charge in [0, 0.05) is 5.56 Å². The van der Waals surface area contributed by atoms with Crippen molar-refractivity contribution >= 4 is 0 Å². The standard InChI is InChI=1S/C13H14F3N3O/c1-13(2,3)10(17)11-18-12(20-19-11)6-4-7(14)9(16)8(15)5-6/h4-5,10H,17H2,1-3H3. The Hall–Kier alpha value is -1.89. The second kappa shape index (κ2) is 4.90. The van der Waals surface area contributed by atoms with Gasteiger partial charge < -0.3 is 10.3 Å². The van der Waals surface area contributed by atoms with Crippen LogP contribution in [0.1, 0.15) is 32.6 Å². The highest BCUT2D eigenvalue weighted by molar-refractivity contribution is 5.53. The third-order valence-electron chi connectivity index (χ3n) is 2.88. The molecule has 1 aromatic carbocycles. The molecule has 108 valence electrons. The molecule has 0 amide bonds. The largest absolute Gasteiger partial charge is 0.334 e. The molecule has 0 aliphatic carbocycles. The van der Waals surface area contributed by atoms with Gasteiger partial charge in [-0.15, -0.1) is 0 Å². The fraction of sp³-hybridized carbons (Fsp3) is 0.385. The van der Waals surface area contributed by atoms with E-state index in [0.29, 0.717) is 0 Å². The van der Waals surface area contributed by atoms with Gasteiger partial charge in [0.1, 0.15) is 0 Å². The fourth-order valence-electron chi connectivity index (χ4n) is 1.54. The summed E-state index contributed by atoms with van der Waals surface area (Å²) in [5.74, 6) is -4.07. The molecular formula is C13H14F3N3O. The summed E-state index contributed by atoms with van der Waals surface area (Å²) in [6.07, 6.45) is 0. The molecule has 4 nitrogen and oxygen atoms in total. The molecule has 2 aromatic rings. The average Bonchev–Trinajstić information content (AvgIpc) is 2.82. The number of benzene rings is 1. The van der Waals surface area contributed by atoms with E-state index in [2.05, 4.69) is 10.1 Å². The lowest BCUT2D eigenvalue weighted by Gasteiger charge is -2.23. The highest BCUT2D eigenvalue weighted by atomic mass is 19.2. The molecule has 1 atom stereocenters. The Kier molecular flexibility index (Phi) is 3.56. The molecule has 7 heteroatoms. The van der Waals surface area contributed by atoms with Crippen LogP contribution < -0.4 is 5.73 Å². The smallest absolute Gasteiger partial charge is 0.258 e. The average molecular weight is 285 g/mol. The van der Waals surface area contributed by atoms with Crippen LogP contribution in [0.2, 0.25) is 0 Å². The molecule has 0 saturated heterocycles. The predicted molar refractivity (Wildman–Crippen MR) is 66.0 cm³/mol. The first-order valence-electron chi connectivity index (χ1n) is 5.94. The molecule has 20 heavy (non-hydrogen) atoms. The van der Waals surface area contributed by atoms with Gasteiger partial charge in [0.25, 0.3) is 5.89 Å². The molecule has 0 radical (unpaired) electrons. The molecule has 2 N–H and O–H groups in total. The Morgan fingerprint density at radius 1 is 1.15 bits per heavy atom. The third-order valence-corrected chi connectivity index (χ3v) is 2.88. The topological polar surface area (TPSA) is 64.9 Å². The summed E-state index contributed by atoms with van der Waals surface area (Å²) in [6, 6.07) is 1.08. The van der Waals surface area contributed by atoms with Crippen LogP contribution in [-0.4, -0.2) is 10.1 Å². The van der Waals surface area contributed by atoms with Gasteiger partial charge in [0.2, 0.25) is 0 Å². The van der Waals surface area contributed by atoms with E-state index in [1.807, 2.05) is 20.8 Å². The lowest BCUT2D eigenvalue weighted by molar-refractivity contribution is 0.303. The van der Waals surface area contributed by atoms with Crippen LogP contribution >= 0.6 is 0 Å². The lowest BCUT2D eigenvalue weighted by Crippen LogP contribution is -2.27. The number of halogens is 3. The molecule has 0 aliphatic rings. The molecule has 1 unspecified atom stereocenters. The maximum absolute atomic E-state index is 13.2. The number of hydrogen-bond acceptors (Lipinski definition) is 4. The Morgan fingerprint density at radius 3 is 2.20 bits per heavy atom. The van der Waals surface area contributed by atoms with E-state index in [0.717, 1.165) is 12.1 Å².